The van der Waals surface area contributed by atoms with Gasteiger partial charge in [-0.25, -0.2) is 0 Å². The Kier molecular flexibility index (Phi) is 2.53. The number of ketones is 1. The van der Waals surface area contributed by atoms with Crippen LogP contribution in [0.2, 0.25) is 0 Å². The quantitative estimate of drug-likeness (QED) is 0.572. The minimum atomic E-state index is -1.39. The molecule has 0 aromatic carbocycles. The van der Waals surface area contributed by atoms with Crippen LogP contribution < -0.4 is 0 Å². The summed E-state index contributed by atoms with van der Waals surface area (Å²) in [5.41, 5.74) is -1.39. The Hall–Kier alpha value is -0.860. The van der Waals surface area contributed by atoms with Crippen LogP contribution in [-0.4, -0.2) is 22.4 Å². The normalized spacial score (nSPS) is 47.1. The van der Waals surface area contributed by atoms with Gasteiger partial charge >= 0.3 is 0 Å². The third-order valence-corrected chi connectivity index (χ3v) is 4.73. The first-order valence-electron chi connectivity index (χ1n) is 6.03. The second kappa shape index (κ2) is 3.82. The SMILES string of the molecule is O=C1C=C[C@H]2[C@@H]3C=CC[C@@H](C=C3)[C@H]2[C@]1(O)CCl. The summed E-state index contributed by atoms with van der Waals surface area (Å²) in [6, 6.07) is 0. The monoisotopic (exact) mass is 250 g/mol. The molecule has 3 heteroatoms. The zero-order valence-electron chi connectivity index (χ0n) is 9.42. The summed E-state index contributed by atoms with van der Waals surface area (Å²) in [5, 5.41) is 10.6. The molecule has 0 aromatic rings. The van der Waals surface area contributed by atoms with Gasteiger partial charge in [-0.15, -0.1) is 11.6 Å². The lowest BCUT2D eigenvalue weighted by Crippen LogP contribution is -2.55. The average Bonchev–Trinajstić information content (AvgIpc) is 2.67. The number of hydrogen-bond acceptors (Lipinski definition) is 2. The fourth-order valence-corrected chi connectivity index (χ4v) is 3.75. The molecule has 0 spiro atoms. The first kappa shape index (κ1) is 11.2. The average molecular weight is 251 g/mol. The lowest BCUT2D eigenvalue weighted by Gasteiger charge is -2.45. The first-order valence-corrected chi connectivity index (χ1v) is 6.56. The molecule has 2 nitrogen and oxygen atoms in total. The molecule has 0 fully saturated rings. The number of aliphatic hydroxyl groups is 1. The topological polar surface area (TPSA) is 37.3 Å². The third kappa shape index (κ3) is 1.47. The Bertz CT molecular complexity index is 438. The summed E-state index contributed by atoms with van der Waals surface area (Å²) in [5.74, 6) is 0.363. The Morgan fingerprint density at radius 2 is 2.18 bits per heavy atom. The zero-order chi connectivity index (χ0) is 12.0. The zero-order valence-corrected chi connectivity index (χ0v) is 10.2. The van der Waals surface area contributed by atoms with Crippen molar-refractivity contribution in [3.63, 3.8) is 0 Å². The van der Waals surface area contributed by atoms with Gasteiger partial charge in [0.05, 0.1) is 5.88 Å². The van der Waals surface area contributed by atoms with Crippen molar-refractivity contribution in [2.75, 3.05) is 5.88 Å². The second-order valence-electron chi connectivity index (χ2n) is 5.17. The van der Waals surface area contributed by atoms with Crippen molar-refractivity contribution in [3.8, 4) is 0 Å². The fraction of sp³-hybridized carbons (Fsp3) is 0.500. The molecule has 0 heterocycles. The number of halogens is 1. The van der Waals surface area contributed by atoms with Gasteiger partial charge in [-0.05, 0) is 24.3 Å². The highest BCUT2D eigenvalue weighted by Gasteiger charge is 2.53. The van der Waals surface area contributed by atoms with Gasteiger partial charge in [-0.3, -0.25) is 4.79 Å². The van der Waals surface area contributed by atoms with Crippen LogP contribution in [0.3, 0.4) is 0 Å². The van der Waals surface area contributed by atoms with Gasteiger partial charge in [0.1, 0.15) is 5.60 Å². The van der Waals surface area contributed by atoms with E-state index in [0.29, 0.717) is 0 Å². The van der Waals surface area contributed by atoms with Crippen LogP contribution in [-0.2, 0) is 4.79 Å². The molecule has 2 bridgehead atoms. The molecule has 4 aliphatic carbocycles. The van der Waals surface area contributed by atoms with Crippen LogP contribution in [0.15, 0.2) is 36.5 Å². The Morgan fingerprint density at radius 1 is 1.35 bits per heavy atom. The summed E-state index contributed by atoms with van der Waals surface area (Å²) in [4.78, 5) is 11.9. The van der Waals surface area contributed by atoms with Crippen LogP contribution >= 0.6 is 11.6 Å². The molecule has 1 N–H and O–H groups in total. The van der Waals surface area contributed by atoms with Gasteiger partial charge in [0.25, 0.3) is 0 Å². The van der Waals surface area contributed by atoms with Crippen LogP contribution in [0.25, 0.3) is 0 Å². The summed E-state index contributed by atoms with van der Waals surface area (Å²) in [7, 11) is 0. The van der Waals surface area contributed by atoms with Crippen LogP contribution in [0.4, 0.5) is 0 Å². The van der Waals surface area contributed by atoms with Crippen LogP contribution in [0.1, 0.15) is 6.42 Å². The number of rotatable bonds is 1. The lowest BCUT2D eigenvalue weighted by molar-refractivity contribution is -0.141. The molecule has 0 aromatic heterocycles. The molecular weight excluding hydrogens is 236 g/mol. The predicted octanol–water partition coefficient (Wildman–Crippen LogP) is 2.09. The van der Waals surface area contributed by atoms with Crippen molar-refractivity contribution in [1.82, 2.24) is 0 Å². The maximum absolute atomic E-state index is 11.9. The number of carbonyl (C=O) groups is 1. The maximum Gasteiger partial charge on any atom is 0.188 e. The van der Waals surface area contributed by atoms with Gasteiger partial charge in [0.2, 0.25) is 0 Å². The molecule has 5 atom stereocenters. The van der Waals surface area contributed by atoms with E-state index in [2.05, 4.69) is 24.3 Å². The van der Waals surface area contributed by atoms with Crippen molar-refractivity contribution in [1.29, 1.82) is 0 Å². The van der Waals surface area contributed by atoms with Crippen molar-refractivity contribution in [2.24, 2.45) is 23.7 Å². The predicted molar refractivity (Wildman–Crippen MR) is 66.7 cm³/mol. The van der Waals surface area contributed by atoms with E-state index in [9.17, 15) is 9.90 Å². The third-order valence-electron chi connectivity index (χ3n) is 4.32. The lowest BCUT2D eigenvalue weighted by atomic mass is 9.61. The van der Waals surface area contributed by atoms with Gasteiger partial charge in [-0.2, -0.15) is 0 Å². The van der Waals surface area contributed by atoms with Crippen LogP contribution in [0.5, 0.6) is 0 Å². The van der Waals surface area contributed by atoms with Crippen molar-refractivity contribution < 1.29 is 9.90 Å². The standard InChI is InChI=1S/C14H15ClO2/c15-8-14(17)12(16)7-6-11-9-2-1-3-10(5-4-9)13(11)14/h1-2,4-7,9-11,13,17H,3,8H2/t9-,10+,11+,13-,14+/m1/s1. The van der Waals surface area contributed by atoms with E-state index in [-0.39, 0.29) is 35.3 Å². The van der Waals surface area contributed by atoms with Crippen molar-refractivity contribution in [3.05, 3.63) is 36.5 Å². The first-order chi connectivity index (χ1) is 8.16. The van der Waals surface area contributed by atoms with Crippen molar-refractivity contribution in [2.45, 2.75) is 12.0 Å². The Balaban J connectivity index is 2.10. The smallest absolute Gasteiger partial charge is 0.188 e. The summed E-state index contributed by atoms with van der Waals surface area (Å²) in [6.45, 7) is 0. The largest absolute Gasteiger partial charge is 0.380 e. The summed E-state index contributed by atoms with van der Waals surface area (Å²) < 4.78 is 0. The molecule has 17 heavy (non-hydrogen) atoms. The van der Waals surface area contributed by atoms with Crippen molar-refractivity contribution >= 4 is 17.4 Å². The molecule has 0 saturated carbocycles. The van der Waals surface area contributed by atoms with Gasteiger partial charge in [0.15, 0.2) is 5.78 Å². The number of alkyl halides is 1. The molecule has 90 valence electrons. The minimum Gasteiger partial charge on any atom is -0.380 e. The molecule has 0 amide bonds. The number of fused-ring (bicyclic) bond motifs is 1. The Morgan fingerprint density at radius 3 is 2.94 bits per heavy atom. The van der Waals surface area contributed by atoms with Gasteiger partial charge in [-0.1, -0.05) is 30.4 Å². The van der Waals surface area contributed by atoms with E-state index >= 15 is 0 Å². The van der Waals surface area contributed by atoms with Gasteiger partial charge in [0, 0.05) is 11.8 Å². The number of hydrogen-bond donors (Lipinski definition) is 1. The number of allylic oxidation sites excluding steroid dienone is 5. The minimum absolute atomic E-state index is 0.0194. The van der Waals surface area contributed by atoms with E-state index in [4.69, 9.17) is 11.6 Å². The van der Waals surface area contributed by atoms with Gasteiger partial charge < -0.3 is 5.11 Å². The molecule has 0 unspecified atom stereocenters. The molecule has 4 aliphatic rings. The molecule has 0 saturated heterocycles. The van der Waals surface area contributed by atoms with E-state index in [0.717, 1.165) is 6.42 Å². The maximum atomic E-state index is 11.9. The summed E-state index contributed by atoms with van der Waals surface area (Å²) in [6.07, 6.45) is 13.0. The second-order valence-corrected chi connectivity index (χ2v) is 5.44. The van der Waals surface area contributed by atoms with E-state index in [1.807, 2.05) is 6.08 Å². The number of carbonyl (C=O) groups excluding carboxylic acids is 1. The van der Waals surface area contributed by atoms with E-state index in [1.54, 1.807) is 0 Å². The highest BCUT2D eigenvalue weighted by atomic mass is 35.5. The van der Waals surface area contributed by atoms with E-state index in [1.165, 1.54) is 6.08 Å². The summed E-state index contributed by atoms with van der Waals surface area (Å²) >= 11 is 5.88. The highest BCUT2D eigenvalue weighted by Crippen LogP contribution is 2.48. The molecule has 0 radical (unpaired) electrons. The fourth-order valence-electron chi connectivity index (χ4n) is 3.44. The molecular formula is C14H15ClO2. The highest BCUT2D eigenvalue weighted by molar-refractivity contribution is 6.21. The van der Waals surface area contributed by atoms with Crippen LogP contribution in [0, 0.1) is 23.7 Å². The molecule has 4 rings (SSSR count). The molecule has 0 aliphatic heterocycles. The Labute approximate surface area is 106 Å². The van der Waals surface area contributed by atoms with E-state index < -0.39 is 5.60 Å².